The summed E-state index contributed by atoms with van der Waals surface area (Å²) in [6.45, 7) is 6.07. The highest BCUT2D eigenvalue weighted by molar-refractivity contribution is 5.74. The van der Waals surface area contributed by atoms with E-state index in [-0.39, 0.29) is 23.2 Å². The van der Waals surface area contributed by atoms with Gasteiger partial charge in [0.05, 0.1) is 24.6 Å². The average molecular weight is 271 g/mol. The number of nitrogens with zero attached hydrogens (tertiary/aromatic N) is 1. The number of carbonyl (C=O) groups excluding carboxylic acids is 1. The Balaban J connectivity index is 2.45. The molecule has 0 spiro atoms. The lowest BCUT2D eigenvalue weighted by molar-refractivity contribution is -0.149. The highest BCUT2D eigenvalue weighted by atomic mass is 16.5. The molecule has 0 N–H and O–H groups in total. The standard InChI is InChI=1S/C17H21NO2/c1-12(16(19)20-5)17(2,3)14-10-11-18(4)15-9-7-6-8-13(14)15/h6-9,12,14H,1-5H3/t12-,14?/m1/s1. The number of anilines is 1. The lowest BCUT2D eigenvalue weighted by atomic mass is 9.67. The minimum absolute atomic E-state index is 0.0176. The highest BCUT2D eigenvalue weighted by Gasteiger charge is 2.41. The number of hydrogen-bond donors (Lipinski definition) is 0. The van der Waals surface area contributed by atoms with Gasteiger partial charge in [0.2, 0.25) is 0 Å². The van der Waals surface area contributed by atoms with Crippen molar-refractivity contribution in [3.63, 3.8) is 0 Å². The summed E-state index contributed by atoms with van der Waals surface area (Å²) in [5.74, 6) is 2.90. The first-order valence-electron chi connectivity index (χ1n) is 6.81. The third-order valence-corrected chi connectivity index (χ3v) is 4.40. The number of hydrogen-bond acceptors (Lipinski definition) is 3. The largest absolute Gasteiger partial charge is 0.469 e. The maximum atomic E-state index is 11.9. The highest BCUT2D eigenvalue weighted by Crippen LogP contribution is 2.45. The summed E-state index contributed by atoms with van der Waals surface area (Å²) >= 11 is 0. The van der Waals surface area contributed by atoms with Gasteiger partial charge in [-0.1, -0.05) is 44.9 Å². The molecular weight excluding hydrogens is 250 g/mol. The number of ether oxygens (including phenoxy) is 1. The van der Waals surface area contributed by atoms with E-state index in [1.165, 1.54) is 12.7 Å². The molecule has 1 aromatic carbocycles. The van der Waals surface area contributed by atoms with Crippen molar-refractivity contribution in [3.05, 3.63) is 29.8 Å². The van der Waals surface area contributed by atoms with E-state index in [2.05, 4.69) is 37.9 Å². The lowest BCUT2D eigenvalue weighted by Crippen LogP contribution is -2.36. The van der Waals surface area contributed by atoms with E-state index in [0.717, 1.165) is 5.69 Å². The van der Waals surface area contributed by atoms with E-state index >= 15 is 0 Å². The summed E-state index contributed by atoms with van der Waals surface area (Å²) in [5, 5.41) is 0. The molecule has 1 aromatic rings. The molecule has 2 rings (SSSR count). The number of carbonyl (C=O) groups is 1. The number of methoxy groups -OCH3 is 1. The Bertz CT molecular complexity index is 580. The molecule has 0 saturated heterocycles. The van der Waals surface area contributed by atoms with E-state index in [0.29, 0.717) is 0 Å². The summed E-state index contributed by atoms with van der Waals surface area (Å²) in [7, 11) is 3.39. The van der Waals surface area contributed by atoms with Crippen molar-refractivity contribution >= 4 is 11.7 Å². The molecule has 0 aromatic heterocycles. The minimum atomic E-state index is -0.294. The first-order chi connectivity index (χ1) is 9.39. The Morgan fingerprint density at radius 3 is 2.70 bits per heavy atom. The molecule has 0 aliphatic carbocycles. The third-order valence-electron chi connectivity index (χ3n) is 4.40. The van der Waals surface area contributed by atoms with Crippen molar-refractivity contribution in [3.8, 4) is 12.0 Å². The van der Waals surface area contributed by atoms with Crippen LogP contribution >= 0.6 is 0 Å². The summed E-state index contributed by atoms with van der Waals surface area (Å²) < 4.78 is 4.90. The van der Waals surface area contributed by atoms with Crippen LogP contribution in [0.2, 0.25) is 0 Å². The normalized spacial score (nSPS) is 18.6. The molecule has 0 fully saturated rings. The van der Waals surface area contributed by atoms with Gasteiger partial charge in [0.25, 0.3) is 0 Å². The summed E-state index contributed by atoms with van der Waals surface area (Å²) in [5.41, 5.74) is 1.99. The predicted octanol–water partition coefficient (Wildman–Crippen LogP) is 3.02. The molecule has 0 saturated carbocycles. The zero-order chi connectivity index (χ0) is 14.9. The lowest BCUT2D eigenvalue weighted by Gasteiger charge is -2.38. The number of esters is 1. The molecular formula is C17H21NO2. The topological polar surface area (TPSA) is 29.5 Å². The maximum absolute atomic E-state index is 11.9. The van der Waals surface area contributed by atoms with E-state index in [1.54, 1.807) is 0 Å². The maximum Gasteiger partial charge on any atom is 0.308 e. The van der Waals surface area contributed by atoms with Gasteiger partial charge in [-0.3, -0.25) is 4.79 Å². The Morgan fingerprint density at radius 2 is 2.05 bits per heavy atom. The quantitative estimate of drug-likeness (QED) is 0.625. The predicted molar refractivity (Wildman–Crippen MR) is 80.3 cm³/mol. The van der Waals surface area contributed by atoms with Crippen LogP contribution < -0.4 is 4.90 Å². The molecule has 3 heteroatoms. The average Bonchev–Trinajstić information content (AvgIpc) is 2.46. The van der Waals surface area contributed by atoms with Gasteiger partial charge in [-0.15, -0.1) is 0 Å². The summed E-state index contributed by atoms with van der Waals surface area (Å²) in [4.78, 5) is 13.8. The Hall–Kier alpha value is -1.95. The van der Waals surface area contributed by atoms with Crippen LogP contribution in [0, 0.1) is 23.3 Å². The molecule has 0 radical (unpaired) electrons. The molecule has 0 amide bonds. The Morgan fingerprint density at radius 1 is 1.40 bits per heavy atom. The van der Waals surface area contributed by atoms with Crippen molar-refractivity contribution in [2.75, 3.05) is 19.1 Å². The molecule has 1 unspecified atom stereocenters. The van der Waals surface area contributed by atoms with Gasteiger partial charge in [-0.05, 0) is 17.0 Å². The first-order valence-corrected chi connectivity index (χ1v) is 6.81. The SMILES string of the molecule is COC(=O)[C@@H](C)C(C)(C)C1C#CN(C)c2ccccc21. The number of benzene rings is 1. The summed E-state index contributed by atoms with van der Waals surface area (Å²) in [6, 6.07) is 11.3. The number of rotatable bonds is 3. The van der Waals surface area contributed by atoms with Gasteiger partial charge in [-0.2, -0.15) is 0 Å². The van der Waals surface area contributed by atoms with Crippen LogP contribution in [0.25, 0.3) is 0 Å². The van der Waals surface area contributed by atoms with E-state index < -0.39 is 0 Å². The Labute approximate surface area is 120 Å². The Kier molecular flexibility index (Phi) is 3.76. The van der Waals surface area contributed by atoms with E-state index in [4.69, 9.17) is 4.74 Å². The fourth-order valence-electron chi connectivity index (χ4n) is 2.65. The van der Waals surface area contributed by atoms with Crippen LogP contribution in [0.5, 0.6) is 0 Å². The van der Waals surface area contributed by atoms with Crippen LogP contribution in [-0.2, 0) is 9.53 Å². The van der Waals surface area contributed by atoms with Crippen molar-refractivity contribution in [2.45, 2.75) is 26.7 Å². The van der Waals surface area contributed by atoms with Gasteiger partial charge in [0.15, 0.2) is 0 Å². The van der Waals surface area contributed by atoms with Crippen LogP contribution in [-0.4, -0.2) is 20.1 Å². The van der Waals surface area contributed by atoms with Crippen LogP contribution in [0.3, 0.4) is 0 Å². The van der Waals surface area contributed by atoms with Gasteiger partial charge in [0.1, 0.15) is 0 Å². The zero-order valence-electron chi connectivity index (χ0n) is 12.7. The van der Waals surface area contributed by atoms with Gasteiger partial charge in [-0.25, -0.2) is 0 Å². The van der Waals surface area contributed by atoms with Crippen molar-refractivity contribution in [1.82, 2.24) is 0 Å². The third kappa shape index (κ3) is 2.27. The minimum Gasteiger partial charge on any atom is -0.469 e. The molecule has 1 aliphatic rings. The molecule has 1 aliphatic heterocycles. The van der Waals surface area contributed by atoms with Crippen LogP contribution in [0.4, 0.5) is 5.69 Å². The zero-order valence-corrected chi connectivity index (χ0v) is 12.7. The second-order valence-corrected chi connectivity index (χ2v) is 5.87. The molecule has 1 heterocycles. The smallest absolute Gasteiger partial charge is 0.308 e. The van der Waals surface area contributed by atoms with Crippen molar-refractivity contribution < 1.29 is 9.53 Å². The molecule has 3 nitrogen and oxygen atoms in total. The fraction of sp³-hybridized carbons (Fsp3) is 0.471. The van der Waals surface area contributed by atoms with Crippen LogP contribution in [0.15, 0.2) is 24.3 Å². The van der Waals surface area contributed by atoms with Crippen molar-refractivity contribution in [1.29, 1.82) is 0 Å². The first kappa shape index (κ1) is 14.5. The monoisotopic (exact) mass is 271 g/mol. The van der Waals surface area contributed by atoms with Gasteiger partial charge < -0.3 is 9.64 Å². The van der Waals surface area contributed by atoms with Crippen molar-refractivity contribution in [2.24, 2.45) is 11.3 Å². The van der Waals surface area contributed by atoms with Gasteiger partial charge >= 0.3 is 5.97 Å². The summed E-state index contributed by atoms with van der Waals surface area (Å²) in [6.07, 6.45) is 0. The van der Waals surface area contributed by atoms with Gasteiger partial charge in [0, 0.05) is 13.1 Å². The molecule has 2 atom stereocenters. The van der Waals surface area contributed by atoms with Crippen LogP contribution in [0.1, 0.15) is 32.3 Å². The number of para-hydroxylation sites is 1. The second-order valence-electron chi connectivity index (χ2n) is 5.87. The molecule has 20 heavy (non-hydrogen) atoms. The van der Waals surface area contributed by atoms with E-state index in [9.17, 15) is 4.79 Å². The molecule has 106 valence electrons. The second kappa shape index (κ2) is 5.20. The molecule has 0 bridgehead atoms. The van der Waals surface area contributed by atoms with E-state index in [1.807, 2.05) is 31.0 Å². The number of fused-ring (bicyclic) bond motifs is 1. The fourth-order valence-corrected chi connectivity index (χ4v) is 2.65.